The van der Waals surface area contributed by atoms with Gasteiger partial charge in [-0.15, -0.1) is 0 Å². The maximum Gasteiger partial charge on any atom is 0.467 e. The van der Waals surface area contributed by atoms with Gasteiger partial charge in [-0.3, -0.25) is 0 Å². The van der Waals surface area contributed by atoms with Crippen LogP contribution in [0.2, 0.25) is 0 Å². The molecule has 24 heavy (non-hydrogen) atoms. The van der Waals surface area contributed by atoms with Crippen molar-refractivity contribution in [1.82, 2.24) is 0 Å². The first kappa shape index (κ1) is 16.9. The third kappa shape index (κ3) is 4.11. The lowest BCUT2D eigenvalue weighted by Crippen LogP contribution is -2.21. The molecule has 0 saturated heterocycles. The van der Waals surface area contributed by atoms with Gasteiger partial charge in [0.1, 0.15) is 5.75 Å². The molecular weight excluding hydrogens is 304 g/mol. The number of benzene rings is 1. The van der Waals surface area contributed by atoms with Crippen LogP contribution in [0.25, 0.3) is 4.98 Å². The quantitative estimate of drug-likeness (QED) is 0.659. The minimum absolute atomic E-state index is 0.175. The monoisotopic (exact) mass is 331 g/mol. The van der Waals surface area contributed by atoms with Crippen LogP contribution in [-0.4, -0.2) is 19.3 Å². The van der Waals surface area contributed by atoms with Crippen molar-refractivity contribution < 1.29 is 14.2 Å². The van der Waals surface area contributed by atoms with Crippen LogP contribution in [0.15, 0.2) is 12.1 Å². The Labute approximate surface area is 143 Å². The van der Waals surface area contributed by atoms with Crippen LogP contribution in [0.5, 0.6) is 17.2 Å². The third-order valence-corrected chi connectivity index (χ3v) is 5.03. The zero-order valence-electron chi connectivity index (χ0n) is 14.5. The Morgan fingerprint density at radius 1 is 0.833 bits per heavy atom. The van der Waals surface area contributed by atoms with E-state index in [0.717, 1.165) is 31.4 Å². The molecule has 0 spiro atoms. The van der Waals surface area contributed by atoms with E-state index in [4.69, 9.17) is 14.2 Å². The average molecular weight is 331 g/mol. The third-order valence-electron chi connectivity index (χ3n) is 5.03. The van der Waals surface area contributed by atoms with E-state index in [9.17, 15) is 5.39 Å². The van der Waals surface area contributed by atoms with Gasteiger partial charge in [-0.2, -0.15) is 0 Å². The molecule has 0 bridgehead atoms. The van der Waals surface area contributed by atoms with Gasteiger partial charge >= 0.3 is 5.69 Å². The summed E-state index contributed by atoms with van der Waals surface area (Å²) < 4.78 is 17.7. The smallest absolute Gasteiger partial charge is 0.467 e. The van der Waals surface area contributed by atoms with E-state index in [0.29, 0.717) is 17.2 Å². The molecule has 0 aromatic heterocycles. The number of rotatable bonds is 5. The van der Waals surface area contributed by atoms with E-state index in [1.807, 2.05) is 6.07 Å². The minimum Gasteiger partial charge on any atom is -0.490 e. The topological polar surface area (TPSA) is 55.8 Å². The van der Waals surface area contributed by atoms with E-state index in [2.05, 4.69) is 4.98 Å². The fraction of sp³-hybridized carbons (Fsp3) is 0.684. The molecule has 5 heteroatoms. The van der Waals surface area contributed by atoms with Crippen molar-refractivity contribution in [3.63, 3.8) is 0 Å². The van der Waals surface area contributed by atoms with Gasteiger partial charge in [-0.1, -0.05) is 12.8 Å². The predicted molar refractivity (Wildman–Crippen MR) is 92.7 cm³/mol. The fourth-order valence-corrected chi connectivity index (χ4v) is 3.71. The van der Waals surface area contributed by atoms with Crippen molar-refractivity contribution in [2.45, 2.75) is 76.4 Å². The Hall–Kier alpha value is -1.96. The van der Waals surface area contributed by atoms with Crippen LogP contribution in [-0.2, 0) is 0 Å². The number of ether oxygens (including phenoxy) is 3. The SMILES string of the molecule is COc1cc(OC2CCCCC2)cc(OC2CCCCC2)c1[N+]#N. The molecule has 0 heterocycles. The van der Waals surface area contributed by atoms with E-state index in [1.54, 1.807) is 13.2 Å². The lowest BCUT2D eigenvalue weighted by molar-refractivity contribution is 0.146. The number of hydrogen-bond donors (Lipinski definition) is 0. The van der Waals surface area contributed by atoms with Gasteiger partial charge in [0, 0.05) is 12.1 Å². The number of nitrogens with zero attached hydrogens (tertiary/aromatic N) is 2. The van der Waals surface area contributed by atoms with Crippen molar-refractivity contribution in [3.8, 4) is 17.2 Å². The largest absolute Gasteiger partial charge is 0.490 e. The number of diazo groups is 1. The first-order chi connectivity index (χ1) is 11.8. The van der Waals surface area contributed by atoms with Crippen molar-refractivity contribution in [2.24, 2.45) is 0 Å². The predicted octanol–water partition coefficient (Wildman–Crippen LogP) is 5.60. The summed E-state index contributed by atoms with van der Waals surface area (Å²) in [5.74, 6) is 1.77. The Balaban J connectivity index is 1.81. The lowest BCUT2D eigenvalue weighted by atomic mass is 9.97. The number of methoxy groups -OCH3 is 1. The molecule has 2 aliphatic carbocycles. The second-order valence-corrected chi connectivity index (χ2v) is 6.83. The summed E-state index contributed by atoms with van der Waals surface area (Å²) in [5.41, 5.74) is 0.346. The molecule has 130 valence electrons. The summed E-state index contributed by atoms with van der Waals surface area (Å²) in [6.07, 6.45) is 12.1. The molecule has 0 radical (unpaired) electrons. The Bertz CT molecular complexity index is 585. The molecule has 0 unspecified atom stereocenters. The first-order valence-corrected chi connectivity index (χ1v) is 9.20. The number of hydrogen-bond acceptors (Lipinski definition) is 4. The van der Waals surface area contributed by atoms with Gasteiger partial charge in [-0.05, 0) is 51.4 Å². The van der Waals surface area contributed by atoms with Gasteiger partial charge < -0.3 is 14.2 Å². The van der Waals surface area contributed by atoms with Gasteiger partial charge in [0.25, 0.3) is 0 Å². The standard InChI is InChI=1S/C19H27N2O3/c1-22-17-12-16(23-14-8-4-2-5-9-14)13-18(19(17)21-20)24-15-10-6-3-7-11-15/h12-15H,2-11H2,1H3/q+1. The van der Waals surface area contributed by atoms with Crippen molar-refractivity contribution in [1.29, 1.82) is 5.39 Å². The maximum absolute atomic E-state index is 9.40. The summed E-state index contributed by atoms with van der Waals surface area (Å²) in [7, 11) is 1.57. The molecular formula is C19H27N2O3+. The molecule has 0 aliphatic heterocycles. The van der Waals surface area contributed by atoms with Crippen LogP contribution < -0.4 is 14.2 Å². The van der Waals surface area contributed by atoms with Crippen LogP contribution in [0, 0.1) is 5.39 Å². The highest BCUT2D eigenvalue weighted by Crippen LogP contribution is 2.43. The van der Waals surface area contributed by atoms with Crippen LogP contribution in [0.1, 0.15) is 64.2 Å². The molecule has 1 aromatic rings. The van der Waals surface area contributed by atoms with Gasteiger partial charge in [0.05, 0.1) is 19.3 Å². The Kier molecular flexibility index (Phi) is 5.79. The molecule has 0 atom stereocenters. The Morgan fingerprint density at radius 3 is 1.92 bits per heavy atom. The van der Waals surface area contributed by atoms with Crippen LogP contribution in [0.4, 0.5) is 5.69 Å². The lowest BCUT2D eigenvalue weighted by Gasteiger charge is -2.24. The van der Waals surface area contributed by atoms with Crippen molar-refractivity contribution >= 4 is 5.69 Å². The Morgan fingerprint density at radius 2 is 1.38 bits per heavy atom. The molecule has 2 aliphatic rings. The second kappa shape index (κ2) is 8.23. The summed E-state index contributed by atoms with van der Waals surface area (Å²) >= 11 is 0. The van der Waals surface area contributed by atoms with E-state index < -0.39 is 0 Å². The second-order valence-electron chi connectivity index (χ2n) is 6.83. The van der Waals surface area contributed by atoms with Crippen molar-refractivity contribution in [3.05, 3.63) is 17.1 Å². The molecule has 0 amide bonds. The summed E-state index contributed by atoms with van der Waals surface area (Å²) in [4.78, 5) is 3.39. The van der Waals surface area contributed by atoms with Gasteiger partial charge in [0.2, 0.25) is 16.9 Å². The van der Waals surface area contributed by atoms with Crippen LogP contribution in [0.3, 0.4) is 0 Å². The highest BCUT2D eigenvalue weighted by molar-refractivity contribution is 5.69. The molecule has 0 N–H and O–H groups in total. The maximum atomic E-state index is 9.40. The highest BCUT2D eigenvalue weighted by atomic mass is 16.5. The molecule has 1 aromatic carbocycles. The zero-order chi connectivity index (χ0) is 16.8. The van der Waals surface area contributed by atoms with Gasteiger partial charge in [0.15, 0.2) is 4.98 Å². The molecule has 5 nitrogen and oxygen atoms in total. The highest BCUT2D eigenvalue weighted by Gasteiger charge is 2.28. The van der Waals surface area contributed by atoms with E-state index >= 15 is 0 Å². The zero-order valence-corrected chi connectivity index (χ0v) is 14.5. The fourth-order valence-electron chi connectivity index (χ4n) is 3.71. The average Bonchev–Trinajstić information content (AvgIpc) is 2.63. The normalized spacial score (nSPS) is 19.5. The van der Waals surface area contributed by atoms with E-state index in [-0.39, 0.29) is 12.2 Å². The molecule has 3 rings (SSSR count). The van der Waals surface area contributed by atoms with Crippen LogP contribution >= 0.6 is 0 Å². The first-order valence-electron chi connectivity index (χ1n) is 9.20. The van der Waals surface area contributed by atoms with Gasteiger partial charge in [-0.25, -0.2) is 0 Å². The molecule has 2 saturated carbocycles. The van der Waals surface area contributed by atoms with E-state index in [1.165, 1.54) is 38.5 Å². The summed E-state index contributed by atoms with van der Waals surface area (Å²) in [5, 5.41) is 9.40. The van der Waals surface area contributed by atoms with Crippen molar-refractivity contribution in [2.75, 3.05) is 7.11 Å². The minimum atomic E-state index is 0.175. The summed E-state index contributed by atoms with van der Waals surface area (Å²) in [6.45, 7) is 0. The molecule has 2 fully saturated rings. The summed E-state index contributed by atoms with van der Waals surface area (Å²) in [6, 6.07) is 3.64.